The molecule has 0 saturated carbocycles. The fourth-order valence-corrected chi connectivity index (χ4v) is 3.43. The molecule has 0 bridgehead atoms. The number of fused-ring (bicyclic) bond motifs is 1. The first-order chi connectivity index (χ1) is 14.1. The van der Waals surface area contributed by atoms with Crippen molar-refractivity contribution in [1.82, 2.24) is 4.90 Å². The number of guanidine groups is 1. The number of nitrogens with zero attached hydrogens (tertiary/aromatic N) is 2. The number of hydrogen-bond donors (Lipinski definition) is 2. The molecular weight excluding hydrogens is 364 g/mol. The Balaban J connectivity index is 1.47. The summed E-state index contributed by atoms with van der Waals surface area (Å²) < 4.78 is 11.0. The molecule has 0 fully saturated rings. The fraction of sp³-hybridized carbons (Fsp3) is 0.435. The van der Waals surface area contributed by atoms with Gasteiger partial charge in [0.1, 0.15) is 12.4 Å². The molecule has 0 radical (unpaired) electrons. The van der Waals surface area contributed by atoms with E-state index in [0.29, 0.717) is 19.1 Å². The van der Waals surface area contributed by atoms with Crippen LogP contribution in [0.5, 0.6) is 5.75 Å². The maximum absolute atomic E-state index is 6.08. The van der Waals surface area contributed by atoms with Gasteiger partial charge in [-0.05, 0) is 67.3 Å². The highest BCUT2D eigenvalue weighted by molar-refractivity contribution is 5.92. The quantitative estimate of drug-likeness (QED) is 0.477. The highest BCUT2D eigenvalue weighted by Gasteiger charge is 2.10. The molecule has 6 heteroatoms. The summed E-state index contributed by atoms with van der Waals surface area (Å²) in [7, 11) is 3.77. The van der Waals surface area contributed by atoms with Crippen molar-refractivity contribution in [1.29, 1.82) is 0 Å². The Morgan fingerprint density at radius 1 is 1.10 bits per heavy atom. The average Bonchev–Trinajstić information content (AvgIpc) is 3.19. The van der Waals surface area contributed by atoms with Gasteiger partial charge in [0.15, 0.2) is 5.96 Å². The second-order valence-corrected chi connectivity index (χ2v) is 7.46. The van der Waals surface area contributed by atoms with E-state index in [4.69, 9.17) is 15.2 Å². The van der Waals surface area contributed by atoms with Crippen LogP contribution in [-0.2, 0) is 24.1 Å². The van der Waals surface area contributed by atoms with Gasteiger partial charge in [0, 0.05) is 25.9 Å². The number of anilines is 1. The van der Waals surface area contributed by atoms with E-state index in [0.717, 1.165) is 43.1 Å². The molecule has 156 valence electrons. The van der Waals surface area contributed by atoms with Crippen molar-refractivity contribution < 1.29 is 9.47 Å². The Morgan fingerprint density at radius 3 is 2.79 bits per heavy atom. The van der Waals surface area contributed by atoms with E-state index in [1.165, 1.54) is 24.0 Å². The Hall–Kier alpha value is -2.57. The molecule has 1 aliphatic carbocycles. The van der Waals surface area contributed by atoms with E-state index in [-0.39, 0.29) is 0 Å². The van der Waals surface area contributed by atoms with E-state index >= 15 is 0 Å². The van der Waals surface area contributed by atoms with Crippen LogP contribution in [0, 0.1) is 0 Å². The zero-order valence-corrected chi connectivity index (χ0v) is 17.5. The van der Waals surface area contributed by atoms with Crippen molar-refractivity contribution in [2.24, 2.45) is 10.7 Å². The maximum atomic E-state index is 6.08. The predicted molar refractivity (Wildman–Crippen MR) is 119 cm³/mol. The molecule has 0 atom stereocenters. The third-order valence-corrected chi connectivity index (χ3v) is 5.12. The molecule has 0 spiro atoms. The van der Waals surface area contributed by atoms with Gasteiger partial charge >= 0.3 is 0 Å². The minimum Gasteiger partial charge on any atom is -0.492 e. The molecule has 0 aliphatic heterocycles. The monoisotopic (exact) mass is 396 g/mol. The number of rotatable bonds is 10. The third kappa shape index (κ3) is 6.76. The van der Waals surface area contributed by atoms with Crippen molar-refractivity contribution in [2.45, 2.75) is 25.8 Å². The van der Waals surface area contributed by atoms with E-state index in [1.807, 2.05) is 24.3 Å². The van der Waals surface area contributed by atoms with Crippen molar-refractivity contribution >= 4 is 11.6 Å². The van der Waals surface area contributed by atoms with Gasteiger partial charge < -0.3 is 25.4 Å². The first kappa shape index (κ1) is 21.1. The molecule has 6 nitrogen and oxygen atoms in total. The van der Waals surface area contributed by atoms with Gasteiger partial charge in [-0.1, -0.05) is 18.2 Å². The van der Waals surface area contributed by atoms with Crippen LogP contribution in [0.2, 0.25) is 0 Å². The molecule has 0 aromatic heterocycles. The maximum Gasteiger partial charge on any atom is 0.193 e. The zero-order valence-electron chi connectivity index (χ0n) is 17.5. The summed E-state index contributed by atoms with van der Waals surface area (Å²) >= 11 is 0. The van der Waals surface area contributed by atoms with Crippen LogP contribution in [0.25, 0.3) is 0 Å². The molecule has 29 heavy (non-hydrogen) atoms. The summed E-state index contributed by atoms with van der Waals surface area (Å²) in [6.07, 6.45) is 3.57. The number of hydrogen-bond acceptors (Lipinski definition) is 4. The van der Waals surface area contributed by atoms with Gasteiger partial charge in [0.2, 0.25) is 0 Å². The third-order valence-electron chi connectivity index (χ3n) is 5.12. The summed E-state index contributed by atoms with van der Waals surface area (Å²) in [5.74, 6) is 1.28. The Morgan fingerprint density at radius 2 is 1.93 bits per heavy atom. The van der Waals surface area contributed by atoms with E-state index in [9.17, 15) is 0 Å². The van der Waals surface area contributed by atoms with Crippen LogP contribution >= 0.6 is 0 Å². The summed E-state index contributed by atoms with van der Waals surface area (Å²) in [4.78, 5) is 6.66. The van der Waals surface area contributed by atoms with Gasteiger partial charge in [-0.3, -0.25) is 0 Å². The van der Waals surface area contributed by atoms with E-state index in [1.54, 1.807) is 7.11 Å². The summed E-state index contributed by atoms with van der Waals surface area (Å²) in [6.45, 7) is 3.61. The van der Waals surface area contributed by atoms with Gasteiger partial charge in [-0.15, -0.1) is 0 Å². The highest BCUT2D eigenvalue weighted by Crippen LogP contribution is 2.24. The van der Waals surface area contributed by atoms with Crippen molar-refractivity contribution in [2.75, 3.05) is 45.8 Å². The van der Waals surface area contributed by atoms with Crippen LogP contribution in [0.3, 0.4) is 0 Å². The van der Waals surface area contributed by atoms with Crippen LogP contribution in [0.4, 0.5) is 5.69 Å². The Bertz CT molecular complexity index is 822. The highest BCUT2D eigenvalue weighted by atomic mass is 16.5. The molecule has 0 heterocycles. The minimum absolute atomic E-state index is 0.425. The number of aliphatic imine (C=N–C) groups is 1. The number of methoxy groups -OCH3 is 1. The van der Waals surface area contributed by atoms with E-state index < -0.39 is 0 Å². The van der Waals surface area contributed by atoms with Gasteiger partial charge in [0.25, 0.3) is 0 Å². The topological polar surface area (TPSA) is 72.1 Å². The fourth-order valence-electron chi connectivity index (χ4n) is 3.43. The molecular formula is C23H32N4O2. The van der Waals surface area contributed by atoms with Crippen molar-refractivity contribution in [3.8, 4) is 5.75 Å². The number of benzene rings is 2. The number of nitrogens with two attached hydrogens (primary N) is 1. The molecule has 2 aromatic rings. The van der Waals surface area contributed by atoms with Gasteiger partial charge in [0.05, 0.1) is 13.2 Å². The van der Waals surface area contributed by atoms with E-state index in [2.05, 4.69) is 40.5 Å². The summed E-state index contributed by atoms with van der Waals surface area (Å²) in [6, 6.07) is 14.4. The molecule has 0 saturated heterocycles. The lowest BCUT2D eigenvalue weighted by atomic mass is 10.1. The van der Waals surface area contributed by atoms with Crippen LogP contribution in [0.1, 0.15) is 23.1 Å². The largest absolute Gasteiger partial charge is 0.492 e. The smallest absolute Gasteiger partial charge is 0.193 e. The Kier molecular flexibility index (Phi) is 7.90. The van der Waals surface area contributed by atoms with Crippen LogP contribution < -0.4 is 15.8 Å². The summed E-state index contributed by atoms with van der Waals surface area (Å²) in [5.41, 5.74) is 11.0. The summed E-state index contributed by atoms with van der Waals surface area (Å²) in [5, 5.41) is 3.20. The van der Waals surface area contributed by atoms with Gasteiger partial charge in [-0.2, -0.15) is 0 Å². The second-order valence-electron chi connectivity index (χ2n) is 7.46. The van der Waals surface area contributed by atoms with Crippen LogP contribution in [0.15, 0.2) is 47.5 Å². The lowest BCUT2D eigenvalue weighted by molar-refractivity contribution is 0.150. The van der Waals surface area contributed by atoms with Crippen LogP contribution in [-0.4, -0.2) is 51.3 Å². The SMILES string of the molecule is COCCN(C)CCOc1cccc(CN=C(N)Nc2ccc3c(c2)CCC3)c1. The molecule has 0 unspecified atom stereocenters. The lowest BCUT2D eigenvalue weighted by Gasteiger charge is -2.16. The predicted octanol–water partition coefficient (Wildman–Crippen LogP) is 3.06. The molecule has 0 amide bonds. The first-order valence-corrected chi connectivity index (χ1v) is 10.2. The number of nitrogens with one attached hydrogen (secondary N) is 1. The number of ether oxygens (including phenoxy) is 2. The molecule has 1 aliphatic rings. The standard InChI is InChI=1S/C23H32N4O2/c1-27(11-13-28-2)12-14-29-22-8-3-5-18(15-22)17-25-23(24)26-21-10-9-19-6-4-7-20(19)16-21/h3,5,8-10,15-16H,4,6-7,11-14,17H2,1-2H3,(H3,24,25,26). The number of aryl methyl sites for hydroxylation is 2. The second kappa shape index (κ2) is 10.8. The van der Waals surface area contributed by atoms with Crippen molar-refractivity contribution in [3.05, 3.63) is 59.2 Å². The van der Waals surface area contributed by atoms with Gasteiger partial charge in [-0.25, -0.2) is 4.99 Å². The number of likely N-dealkylation sites (N-methyl/N-ethyl adjacent to an activating group) is 1. The Labute approximate surface area is 173 Å². The lowest BCUT2D eigenvalue weighted by Crippen LogP contribution is -2.27. The average molecular weight is 397 g/mol. The minimum atomic E-state index is 0.425. The molecule has 3 N–H and O–H groups in total. The first-order valence-electron chi connectivity index (χ1n) is 10.2. The van der Waals surface area contributed by atoms with Crippen molar-refractivity contribution in [3.63, 3.8) is 0 Å². The molecule has 3 rings (SSSR count). The zero-order chi connectivity index (χ0) is 20.5. The normalized spacial score (nSPS) is 13.6. The molecule has 2 aromatic carbocycles.